The molecule has 29 heavy (non-hydrogen) atoms. The zero-order valence-electron chi connectivity index (χ0n) is 16.9. The van der Waals surface area contributed by atoms with E-state index in [2.05, 4.69) is 28.2 Å². The van der Waals surface area contributed by atoms with Gasteiger partial charge in [0.15, 0.2) is 0 Å². The summed E-state index contributed by atoms with van der Waals surface area (Å²) in [6.07, 6.45) is 3.50. The fourth-order valence-corrected chi connectivity index (χ4v) is 2.73. The van der Waals surface area contributed by atoms with Crippen molar-refractivity contribution in [3.05, 3.63) is 48.5 Å². The lowest BCUT2D eigenvalue weighted by molar-refractivity contribution is -0.116. The maximum absolute atomic E-state index is 12.2. The summed E-state index contributed by atoms with van der Waals surface area (Å²) < 4.78 is 0. The molecule has 154 valence electrons. The molecule has 0 aliphatic carbocycles. The van der Waals surface area contributed by atoms with E-state index < -0.39 is 0 Å². The van der Waals surface area contributed by atoms with Crippen LogP contribution in [0, 0.1) is 0 Å². The third kappa shape index (κ3) is 8.47. The molecule has 0 bridgehead atoms. The molecule has 7 nitrogen and oxygen atoms in total. The Labute approximate surface area is 171 Å². The zero-order valence-corrected chi connectivity index (χ0v) is 16.9. The highest BCUT2D eigenvalue weighted by molar-refractivity contribution is 5.95. The number of unbranched alkanes of at least 4 members (excludes halogenated alkanes) is 2. The molecule has 0 aliphatic heterocycles. The first kappa shape index (κ1) is 21.9. The Balaban J connectivity index is 1.84. The summed E-state index contributed by atoms with van der Waals surface area (Å²) in [5.41, 5.74) is 2.64. The highest BCUT2D eigenvalue weighted by Gasteiger charge is 2.06. The molecule has 0 atom stereocenters. The number of hydrogen-bond acceptors (Lipinski definition) is 4. The fourth-order valence-electron chi connectivity index (χ4n) is 2.73. The van der Waals surface area contributed by atoms with Crippen molar-refractivity contribution in [3.8, 4) is 0 Å². The first-order valence-electron chi connectivity index (χ1n) is 9.77. The summed E-state index contributed by atoms with van der Waals surface area (Å²) in [4.78, 5) is 35.3. The largest absolute Gasteiger partial charge is 0.376 e. The van der Waals surface area contributed by atoms with E-state index in [1.807, 2.05) is 18.2 Å². The predicted octanol–water partition coefficient (Wildman–Crippen LogP) is 4.21. The Kier molecular flexibility index (Phi) is 8.69. The number of carbonyl (C=O) groups is 3. The van der Waals surface area contributed by atoms with Crippen LogP contribution in [0.15, 0.2) is 48.5 Å². The summed E-state index contributed by atoms with van der Waals surface area (Å²) in [7, 11) is 0. The first-order chi connectivity index (χ1) is 14.0. The van der Waals surface area contributed by atoms with Gasteiger partial charge >= 0.3 is 0 Å². The molecule has 4 N–H and O–H groups in total. The van der Waals surface area contributed by atoms with Crippen molar-refractivity contribution in [1.82, 2.24) is 0 Å². The van der Waals surface area contributed by atoms with Gasteiger partial charge in [0.25, 0.3) is 0 Å². The maximum atomic E-state index is 12.2. The van der Waals surface area contributed by atoms with Gasteiger partial charge in [0.2, 0.25) is 17.7 Å². The molecule has 0 unspecified atom stereocenters. The summed E-state index contributed by atoms with van der Waals surface area (Å²) >= 11 is 0. The van der Waals surface area contributed by atoms with Gasteiger partial charge in [-0.2, -0.15) is 0 Å². The van der Waals surface area contributed by atoms with Crippen LogP contribution in [-0.2, 0) is 14.4 Å². The Morgan fingerprint density at radius 1 is 0.759 bits per heavy atom. The normalized spacial score (nSPS) is 10.1. The van der Waals surface area contributed by atoms with Crippen LogP contribution in [0.3, 0.4) is 0 Å². The van der Waals surface area contributed by atoms with Crippen molar-refractivity contribution in [1.29, 1.82) is 0 Å². The summed E-state index contributed by atoms with van der Waals surface area (Å²) in [5.74, 6) is -0.404. The molecule has 3 amide bonds. The topological polar surface area (TPSA) is 99.3 Å². The van der Waals surface area contributed by atoms with Gasteiger partial charge < -0.3 is 21.3 Å². The van der Waals surface area contributed by atoms with Crippen LogP contribution < -0.4 is 21.3 Å². The summed E-state index contributed by atoms with van der Waals surface area (Å²) in [5, 5.41) is 11.4. The standard InChI is InChI=1S/C22H28N4O3/c1-3-4-5-12-21(28)25-19-10-6-8-17(13-19)23-15-22(29)26-20-11-7-9-18(14-20)24-16(2)27/h6-11,13-14,23H,3-5,12,15H2,1-2H3,(H,24,27)(H,25,28)(H,26,29). The summed E-state index contributed by atoms with van der Waals surface area (Å²) in [6.45, 7) is 3.60. The Morgan fingerprint density at radius 3 is 1.93 bits per heavy atom. The Morgan fingerprint density at radius 2 is 1.31 bits per heavy atom. The van der Waals surface area contributed by atoms with Gasteiger partial charge in [-0.15, -0.1) is 0 Å². The molecular weight excluding hydrogens is 368 g/mol. The molecule has 0 heterocycles. The minimum atomic E-state index is -0.223. The number of nitrogens with one attached hydrogen (secondary N) is 4. The minimum Gasteiger partial charge on any atom is -0.376 e. The number of rotatable bonds is 10. The third-order valence-corrected chi connectivity index (χ3v) is 4.07. The monoisotopic (exact) mass is 396 g/mol. The van der Waals surface area contributed by atoms with E-state index in [0.29, 0.717) is 23.5 Å². The number of carbonyl (C=O) groups excluding carboxylic acids is 3. The second kappa shape index (κ2) is 11.5. The molecule has 0 saturated carbocycles. The minimum absolute atomic E-state index is 0.00704. The average Bonchev–Trinajstić information content (AvgIpc) is 2.67. The second-order valence-corrected chi connectivity index (χ2v) is 6.75. The predicted molar refractivity (Wildman–Crippen MR) is 117 cm³/mol. The fraction of sp³-hybridized carbons (Fsp3) is 0.318. The summed E-state index contributed by atoms with van der Waals surface area (Å²) in [6, 6.07) is 14.2. The molecule has 0 aliphatic rings. The van der Waals surface area contributed by atoms with Gasteiger partial charge in [-0.25, -0.2) is 0 Å². The van der Waals surface area contributed by atoms with Crippen LogP contribution in [0.4, 0.5) is 22.7 Å². The number of hydrogen-bond donors (Lipinski definition) is 4. The van der Waals surface area contributed by atoms with Crippen molar-refractivity contribution in [2.75, 3.05) is 27.8 Å². The van der Waals surface area contributed by atoms with Gasteiger partial charge in [-0.05, 0) is 42.8 Å². The van der Waals surface area contributed by atoms with E-state index in [1.165, 1.54) is 6.92 Å². The molecule has 2 rings (SSSR count). The van der Waals surface area contributed by atoms with E-state index in [9.17, 15) is 14.4 Å². The molecule has 2 aromatic rings. The SMILES string of the molecule is CCCCCC(=O)Nc1cccc(NCC(=O)Nc2cccc(NC(C)=O)c2)c1. The lowest BCUT2D eigenvalue weighted by Crippen LogP contribution is -2.22. The third-order valence-electron chi connectivity index (χ3n) is 4.07. The Bertz CT molecular complexity index is 851. The van der Waals surface area contributed by atoms with Crippen LogP contribution in [0.25, 0.3) is 0 Å². The molecule has 0 fully saturated rings. The highest BCUT2D eigenvalue weighted by Crippen LogP contribution is 2.17. The maximum Gasteiger partial charge on any atom is 0.243 e. The van der Waals surface area contributed by atoms with E-state index >= 15 is 0 Å². The van der Waals surface area contributed by atoms with E-state index in [-0.39, 0.29) is 24.3 Å². The van der Waals surface area contributed by atoms with Crippen LogP contribution >= 0.6 is 0 Å². The van der Waals surface area contributed by atoms with Crippen molar-refractivity contribution >= 4 is 40.5 Å². The molecule has 7 heteroatoms. The van der Waals surface area contributed by atoms with E-state index in [1.54, 1.807) is 30.3 Å². The second-order valence-electron chi connectivity index (χ2n) is 6.75. The average molecular weight is 396 g/mol. The van der Waals surface area contributed by atoms with Crippen LogP contribution in [-0.4, -0.2) is 24.3 Å². The van der Waals surface area contributed by atoms with Crippen LogP contribution in [0.5, 0.6) is 0 Å². The molecule has 0 radical (unpaired) electrons. The lowest BCUT2D eigenvalue weighted by Gasteiger charge is -2.11. The number of amides is 3. The molecular formula is C22H28N4O3. The smallest absolute Gasteiger partial charge is 0.243 e. The molecule has 0 aromatic heterocycles. The molecule has 0 saturated heterocycles. The van der Waals surface area contributed by atoms with E-state index in [0.717, 1.165) is 24.9 Å². The van der Waals surface area contributed by atoms with Gasteiger partial charge in [-0.1, -0.05) is 31.9 Å². The first-order valence-corrected chi connectivity index (χ1v) is 9.77. The quantitative estimate of drug-likeness (QED) is 0.452. The zero-order chi connectivity index (χ0) is 21.1. The van der Waals surface area contributed by atoms with Crippen LogP contribution in [0.1, 0.15) is 39.5 Å². The van der Waals surface area contributed by atoms with Crippen molar-refractivity contribution < 1.29 is 14.4 Å². The van der Waals surface area contributed by atoms with Crippen LogP contribution in [0.2, 0.25) is 0 Å². The number of benzene rings is 2. The molecule has 0 spiro atoms. The van der Waals surface area contributed by atoms with Crippen molar-refractivity contribution in [2.45, 2.75) is 39.5 Å². The van der Waals surface area contributed by atoms with E-state index in [4.69, 9.17) is 0 Å². The Hall–Kier alpha value is -3.35. The van der Waals surface area contributed by atoms with Gasteiger partial charge in [-0.3, -0.25) is 14.4 Å². The lowest BCUT2D eigenvalue weighted by atomic mass is 10.2. The highest BCUT2D eigenvalue weighted by atomic mass is 16.2. The van der Waals surface area contributed by atoms with Gasteiger partial charge in [0, 0.05) is 36.1 Å². The van der Waals surface area contributed by atoms with Gasteiger partial charge in [0.05, 0.1) is 6.54 Å². The van der Waals surface area contributed by atoms with Crippen molar-refractivity contribution in [3.63, 3.8) is 0 Å². The van der Waals surface area contributed by atoms with Crippen molar-refractivity contribution in [2.24, 2.45) is 0 Å². The van der Waals surface area contributed by atoms with Gasteiger partial charge in [0.1, 0.15) is 0 Å². The number of anilines is 4. The molecule has 2 aromatic carbocycles.